The largest absolute Gasteiger partial charge is 0.383 e. The van der Waals surface area contributed by atoms with Crippen LogP contribution in [-0.4, -0.2) is 42.5 Å². The highest BCUT2D eigenvalue weighted by molar-refractivity contribution is 5.67. The van der Waals surface area contributed by atoms with Gasteiger partial charge in [0.1, 0.15) is 5.82 Å². The number of methoxy groups -OCH3 is 1. The van der Waals surface area contributed by atoms with Crippen LogP contribution in [0.3, 0.4) is 0 Å². The van der Waals surface area contributed by atoms with Crippen LogP contribution in [0, 0.1) is 0 Å². The molecule has 0 aliphatic carbocycles. The Labute approximate surface area is 118 Å². The summed E-state index contributed by atoms with van der Waals surface area (Å²) in [7, 11) is 3.69. The first-order chi connectivity index (χ1) is 9.79. The maximum atomic E-state index is 5.05. The second kappa shape index (κ2) is 7.35. The average Bonchev–Trinajstić information content (AvgIpc) is 2.52. The molecule has 0 atom stereocenters. The van der Waals surface area contributed by atoms with Gasteiger partial charge in [-0.15, -0.1) is 0 Å². The fourth-order valence-electron chi connectivity index (χ4n) is 1.65. The van der Waals surface area contributed by atoms with Gasteiger partial charge in [-0.25, -0.2) is 4.98 Å². The van der Waals surface area contributed by atoms with Crippen molar-refractivity contribution in [3.8, 4) is 0 Å². The van der Waals surface area contributed by atoms with Gasteiger partial charge in [0.15, 0.2) is 0 Å². The number of likely N-dealkylation sites (N-methyl/N-ethyl adjacent to an activating group) is 1. The zero-order valence-electron chi connectivity index (χ0n) is 11.7. The van der Waals surface area contributed by atoms with E-state index in [1.807, 2.05) is 49.7 Å². The summed E-state index contributed by atoms with van der Waals surface area (Å²) in [6.45, 7) is 1.50. The summed E-state index contributed by atoms with van der Waals surface area (Å²) >= 11 is 0. The van der Waals surface area contributed by atoms with Crippen molar-refractivity contribution in [3.05, 3.63) is 47.9 Å². The van der Waals surface area contributed by atoms with Crippen molar-refractivity contribution < 1.29 is 4.74 Å². The first-order valence-electron chi connectivity index (χ1n) is 6.41. The van der Waals surface area contributed by atoms with E-state index in [0.29, 0.717) is 6.61 Å². The molecule has 2 rings (SSSR count). The molecule has 0 fully saturated rings. The van der Waals surface area contributed by atoms with Gasteiger partial charge in [-0.1, -0.05) is 6.08 Å². The van der Waals surface area contributed by atoms with Gasteiger partial charge in [-0.2, -0.15) is 10.2 Å². The van der Waals surface area contributed by atoms with Gasteiger partial charge in [-0.05, 0) is 35.9 Å². The standard InChI is InChI=1S/C15H18N4O/c1-19(10-11-20-2)15-8-6-13(12-16-15)5-7-14-4-3-9-17-18-14/h3-9,12H,10-11H2,1-2H3/b7-5+. The Morgan fingerprint density at radius 2 is 2.15 bits per heavy atom. The van der Waals surface area contributed by atoms with Gasteiger partial charge in [0.25, 0.3) is 0 Å². The molecule has 20 heavy (non-hydrogen) atoms. The Kier molecular flexibility index (Phi) is 5.20. The van der Waals surface area contributed by atoms with E-state index in [0.717, 1.165) is 23.6 Å². The van der Waals surface area contributed by atoms with Crippen LogP contribution in [0.4, 0.5) is 5.82 Å². The van der Waals surface area contributed by atoms with E-state index >= 15 is 0 Å². The molecule has 0 saturated carbocycles. The summed E-state index contributed by atoms with van der Waals surface area (Å²) in [5.74, 6) is 0.929. The lowest BCUT2D eigenvalue weighted by molar-refractivity contribution is 0.206. The molecule has 0 spiro atoms. The molecule has 0 radical (unpaired) electrons. The van der Waals surface area contributed by atoms with Gasteiger partial charge in [0.05, 0.1) is 12.3 Å². The minimum atomic E-state index is 0.687. The van der Waals surface area contributed by atoms with Crippen molar-refractivity contribution in [1.29, 1.82) is 0 Å². The van der Waals surface area contributed by atoms with Crippen molar-refractivity contribution >= 4 is 18.0 Å². The van der Waals surface area contributed by atoms with Crippen molar-refractivity contribution in [2.75, 3.05) is 32.2 Å². The number of nitrogens with zero attached hydrogens (tertiary/aromatic N) is 4. The third kappa shape index (κ3) is 4.13. The molecular weight excluding hydrogens is 252 g/mol. The molecule has 104 valence electrons. The number of aromatic nitrogens is 3. The highest BCUT2D eigenvalue weighted by atomic mass is 16.5. The summed E-state index contributed by atoms with van der Waals surface area (Å²) in [6.07, 6.45) is 7.38. The molecule has 0 amide bonds. The molecule has 2 aromatic rings. The Morgan fingerprint density at radius 3 is 2.80 bits per heavy atom. The van der Waals surface area contributed by atoms with Crippen LogP contribution in [0.2, 0.25) is 0 Å². The van der Waals surface area contributed by atoms with Crippen molar-refractivity contribution in [3.63, 3.8) is 0 Å². The lowest BCUT2D eigenvalue weighted by atomic mass is 10.2. The monoisotopic (exact) mass is 270 g/mol. The number of hydrogen-bond donors (Lipinski definition) is 0. The first-order valence-corrected chi connectivity index (χ1v) is 6.41. The molecule has 5 nitrogen and oxygen atoms in total. The zero-order chi connectivity index (χ0) is 14.2. The van der Waals surface area contributed by atoms with Gasteiger partial charge >= 0.3 is 0 Å². The average molecular weight is 270 g/mol. The van der Waals surface area contributed by atoms with Gasteiger partial charge in [0, 0.05) is 33.1 Å². The zero-order valence-corrected chi connectivity index (χ0v) is 11.7. The summed E-state index contributed by atoms with van der Waals surface area (Å²) in [6, 6.07) is 7.78. The maximum Gasteiger partial charge on any atom is 0.128 e. The SMILES string of the molecule is COCCN(C)c1ccc(/C=C/c2cccnn2)cn1. The highest BCUT2D eigenvalue weighted by Crippen LogP contribution is 2.11. The normalized spacial score (nSPS) is 10.9. The molecule has 5 heteroatoms. The fraction of sp³-hybridized carbons (Fsp3) is 0.267. The van der Waals surface area contributed by atoms with Crippen LogP contribution < -0.4 is 4.90 Å². The fourth-order valence-corrected chi connectivity index (χ4v) is 1.65. The van der Waals surface area contributed by atoms with Crippen LogP contribution in [0.1, 0.15) is 11.3 Å². The Balaban J connectivity index is 1.99. The minimum absolute atomic E-state index is 0.687. The predicted molar refractivity (Wildman–Crippen MR) is 80.3 cm³/mol. The van der Waals surface area contributed by atoms with Gasteiger partial charge in [-0.3, -0.25) is 0 Å². The Hall–Kier alpha value is -2.27. The van der Waals surface area contributed by atoms with E-state index in [1.54, 1.807) is 13.3 Å². The highest BCUT2D eigenvalue weighted by Gasteiger charge is 2.01. The van der Waals surface area contributed by atoms with E-state index in [4.69, 9.17) is 4.74 Å². The summed E-state index contributed by atoms with van der Waals surface area (Å²) in [5, 5.41) is 7.82. The predicted octanol–water partition coefficient (Wildman–Crippen LogP) is 2.12. The van der Waals surface area contributed by atoms with Crippen LogP contribution in [0.5, 0.6) is 0 Å². The minimum Gasteiger partial charge on any atom is -0.383 e. The molecule has 0 aliphatic rings. The molecule has 0 saturated heterocycles. The molecule has 0 N–H and O–H groups in total. The van der Waals surface area contributed by atoms with E-state index in [9.17, 15) is 0 Å². The summed E-state index contributed by atoms with van der Waals surface area (Å²) in [4.78, 5) is 6.48. The van der Waals surface area contributed by atoms with Crippen molar-refractivity contribution in [2.24, 2.45) is 0 Å². The topological polar surface area (TPSA) is 51.1 Å². The number of hydrogen-bond acceptors (Lipinski definition) is 5. The molecule has 2 aromatic heterocycles. The summed E-state index contributed by atoms with van der Waals surface area (Å²) in [5.41, 5.74) is 1.85. The Bertz CT molecular complexity index is 540. The van der Waals surface area contributed by atoms with E-state index < -0.39 is 0 Å². The lowest BCUT2D eigenvalue weighted by Crippen LogP contribution is -2.22. The quantitative estimate of drug-likeness (QED) is 0.804. The third-order valence-electron chi connectivity index (χ3n) is 2.83. The number of pyridine rings is 1. The number of rotatable bonds is 6. The molecular formula is C15H18N4O. The van der Waals surface area contributed by atoms with Crippen molar-refractivity contribution in [2.45, 2.75) is 0 Å². The first kappa shape index (κ1) is 14.1. The third-order valence-corrected chi connectivity index (χ3v) is 2.83. The second-order valence-corrected chi connectivity index (χ2v) is 4.35. The lowest BCUT2D eigenvalue weighted by Gasteiger charge is -2.17. The second-order valence-electron chi connectivity index (χ2n) is 4.35. The van der Waals surface area contributed by atoms with Gasteiger partial charge in [0.2, 0.25) is 0 Å². The molecule has 0 bridgehead atoms. The van der Waals surface area contributed by atoms with Crippen LogP contribution in [0.25, 0.3) is 12.2 Å². The molecule has 0 unspecified atom stereocenters. The van der Waals surface area contributed by atoms with Crippen LogP contribution in [-0.2, 0) is 4.74 Å². The molecule has 2 heterocycles. The molecule has 0 aliphatic heterocycles. The van der Waals surface area contributed by atoms with E-state index in [2.05, 4.69) is 20.1 Å². The smallest absolute Gasteiger partial charge is 0.128 e. The van der Waals surface area contributed by atoms with Crippen LogP contribution >= 0.6 is 0 Å². The van der Waals surface area contributed by atoms with Gasteiger partial charge < -0.3 is 9.64 Å². The van der Waals surface area contributed by atoms with Crippen molar-refractivity contribution in [1.82, 2.24) is 15.2 Å². The van der Waals surface area contributed by atoms with E-state index in [-0.39, 0.29) is 0 Å². The number of ether oxygens (including phenoxy) is 1. The maximum absolute atomic E-state index is 5.05. The Morgan fingerprint density at radius 1 is 1.25 bits per heavy atom. The molecule has 0 aromatic carbocycles. The number of anilines is 1. The summed E-state index contributed by atoms with van der Waals surface area (Å²) < 4.78 is 5.05. The van der Waals surface area contributed by atoms with Crippen LogP contribution in [0.15, 0.2) is 36.7 Å². The van der Waals surface area contributed by atoms with E-state index in [1.165, 1.54) is 0 Å².